The Morgan fingerprint density at radius 3 is 2.26 bits per heavy atom. The van der Waals surface area contributed by atoms with Crippen LogP contribution in [0.5, 0.6) is 0 Å². The number of nitrogens with one attached hydrogen (secondary N) is 1. The first kappa shape index (κ1) is 18.4. The highest BCUT2D eigenvalue weighted by Gasteiger charge is 2.22. The number of carbonyl (C=O) groups is 1. The number of nitrogens with zero attached hydrogens (tertiary/aromatic N) is 2. The molecule has 0 aromatic heterocycles. The monoisotopic (exact) mass is 381 g/mol. The van der Waals surface area contributed by atoms with Crippen LogP contribution in [0, 0.1) is 10.1 Å². The van der Waals surface area contributed by atoms with Gasteiger partial charge >= 0.3 is 0 Å². The van der Waals surface area contributed by atoms with Crippen molar-refractivity contribution in [3.8, 4) is 0 Å². The summed E-state index contributed by atoms with van der Waals surface area (Å²) in [5.74, 6) is -0.607. The third-order valence-electron chi connectivity index (χ3n) is 3.89. The molecule has 0 fully saturated rings. The summed E-state index contributed by atoms with van der Waals surface area (Å²) < 4.78 is 0. The number of hydrogen-bond donors (Lipinski definition) is 1. The number of anilines is 1. The summed E-state index contributed by atoms with van der Waals surface area (Å²) in [5, 5.41) is 13.1. The molecule has 0 radical (unpaired) electrons. The predicted molar refractivity (Wildman–Crippen MR) is 105 cm³/mol. The van der Waals surface area contributed by atoms with Crippen molar-refractivity contribution >= 4 is 28.9 Å². The molecule has 0 spiro atoms. The van der Waals surface area contributed by atoms with Crippen LogP contribution < -0.4 is 10.4 Å². The third-order valence-corrected chi connectivity index (χ3v) is 4.12. The molecule has 0 saturated carbocycles. The molecule has 0 bridgehead atoms. The highest BCUT2D eigenvalue weighted by molar-refractivity contribution is 6.31. The molecule has 136 valence electrons. The van der Waals surface area contributed by atoms with Crippen LogP contribution in [0.1, 0.15) is 15.9 Å². The highest BCUT2D eigenvalue weighted by Crippen LogP contribution is 2.23. The van der Waals surface area contributed by atoms with Crippen LogP contribution in [-0.4, -0.2) is 10.8 Å². The molecule has 3 aromatic rings. The second-order valence-electron chi connectivity index (χ2n) is 5.77. The zero-order valence-corrected chi connectivity index (χ0v) is 15.0. The Kier molecular flexibility index (Phi) is 5.68. The van der Waals surface area contributed by atoms with E-state index in [9.17, 15) is 14.9 Å². The van der Waals surface area contributed by atoms with Gasteiger partial charge in [0, 0.05) is 11.1 Å². The second kappa shape index (κ2) is 8.33. The van der Waals surface area contributed by atoms with Gasteiger partial charge in [0.15, 0.2) is 0 Å². The Hall–Kier alpha value is -3.38. The minimum absolute atomic E-state index is 0.0958. The van der Waals surface area contributed by atoms with Gasteiger partial charge in [-0.2, -0.15) is 0 Å². The number of halogens is 1. The number of nitro benzene ring substituents is 1. The first-order chi connectivity index (χ1) is 13.0. The lowest BCUT2D eigenvalue weighted by molar-refractivity contribution is -0.385. The Bertz CT molecular complexity index is 949. The Balaban J connectivity index is 1.91. The number of carbonyl (C=O) groups excluding carboxylic acids is 1. The normalized spacial score (nSPS) is 10.3. The van der Waals surface area contributed by atoms with Crippen molar-refractivity contribution < 1.29 is 9.72 Å². The van der Waals surface area contributed by atoms with Gasteiger partial charge in [-0.05, 0) is 29.8 Å². The van der Waals surface area contributed by atoms with E-state index in [0.29, 0.717) is 6.54 Å². The number of hydrogen-bond acceptors (Lipinski definition) is 4. The average molecular weight is 382 g/mol. The lowest BCUT2D eigenvalue weighted by atomic mass is 10.1. The summed E-state index contributed by atoms with van der Waals surface area (Å²) in [5.41, 5.74) is 4.08. The fraction of sp³-hybridized carbons (Fsp3) is 0.0500. The van der Waals surface area contributed by atoms with Gasteiger partial charge in [-0.1, -0.05) is 60.1 Å². The van der Waals surface area contributed by atoms with E-state index < -0.39 is 10.8 Å². The summed E-state index contributed by atoms with van der Waals surface area (Å²) in [6, 6.07) is 22.7. The van der Waals surface area contributed by atoms with Gasteiger partial charge in [-0.15, -0.1) is 0 Å². The van der Waals surface area contributed by atoms with Crippen molar-refractivity contribution in [2.24, 2.45) is 0 Å². The number of para-hydroxylation sites is 1. The topological polar surface area (TPSA) is 75.5 Å². The van der Waals surface area contributed by atoms with E-state index in [-0.39, 0.29) is 16.3 Å². The van der Waals surface area contributed by atoms with Crippen molar-refractivity contribution in [1.82, 2.24) is 5.43 Å². The van der Waals surface area contributed by atoms with Crippen LogP contribution in [0.25, 0.3) is 0 Å². The number of nitro groups is 1. The maximum atomic E-state index is 12.8. The summed E-state index contributed by atoms with van der Waals surface area (Å²) in [6.07, 6.45) is 0. The molecule has 0 aliphatic rings. The number of rotatable bonds is 6. The molecule has 1 amide bonds. The number of benzene rings is 3. The van der Waals surface area contributed by atoms with Crippen LogP contribution >= 0.6 is 11.6 Å². The van der Waals surface area contributed by atoms with Crippen molar-refractivity contribution in [2.75, 3.05) is 5.01 Å². The fourth-order valence-electron chi connectivity index (χ4n) is 2.60. The lowest BCUT2D eigenvalue weighted by Crippen LogP contribution is -2.42. The maximum Gasteiger partial charge on any atom is 0.282 e. The van der Waals surface area contributed by atoms with E-state index in [1.807, 2.05) is 60.7 Å². The molecule has 0 saturated heterocycles. The number of hydrazine groups is 1. The first-order valence-corrected chi connectivity index (χ1v) is 8.54. The molecule has 0 aliphatic carbocycles. The van der Waals surface area contributed by atoms with Crippen molar-refractivity contribution in [3.63, 3.8) is 0 Å². The van der Waals surface area contributed by atoms with Crippen LogP contribution in [-0.2, 0) is 6.54 Å². The molecule has 27 heavy (non-hydrogen) atoms. The summed E-state index contributed by atoms with van der Waals surface area (Å²) >= 11 is 5.93. The van der Waals surface area contributed by atoms with E-state index in [1.54, 1.807) is 5.01 Å². The maximum absolute atomic E-state index is 12.8. The smallest absolute Gasteiger partial charge is 0.281 e. The molecule has 0 heterocycles. The average Bonchev–Trinajstić information content (AvgIpc) is 2.68. The minimum atomic E-state index is -0.607. The molecule has 0 aliphatic heterocycles. The summed E-state index contributed by atoms with van der Waals surface area (Å²) in [6.45, 7) is 0.394. The molecule has 7 heteroatoms. The van der Waals surface area contributed by atoms with Gasteiger partial charge in [0.1, 0.15) is 5.56 Å². The minimum Gasteiger partial charge on any atom is -0.281 e. The molecule has 6 nitrogen and oxygen atoms in total. The van der Waals surface area contributed by atoms with Crippen LogP contribution in [0.3, 0.4) is 0 Å². The van der Waals surface area contributed by atoms with Gasteiger partial charge < -0.3 is 0 Å². The SMILES string of the molecule is O=C(NN(Cc1ccccc1)c1ccccc1)c1cc(Cl)ccc1[N+](=O)[O-]. The van der Waals surface area contributed by atoms with Gasteiger partial charge in [-0.25, -0.2) is 0 Å². The van der Waals surface area contributed by atoms with Gasteiger partial charge in [0.05, 0.1) is 17.2 Å². The molecule has 1 N–H and O–H groups in total. The van der Waals surface area contributed by atoms with Gasteiger partial charge in [0.25, 0.3) is 11.6 Å². The van der Waals surface area contributed by atoms with Gasteiger partial charge in [0.2, 0.25) is 0 Å². The van der Waals surface area contributed by atoms with Crippen LogP contribution in [0.15, 0.2) is 78.9 Å². The predicted octanol–water partition coefficient (Wildman–Crippen LogP) is 4.60. The Morgan fingerprint density at radius 2 is 1.63 bits per heavy atom. The van der Waals surface area contributed by atoms with E-state index in [0.717, 1.165) is 11.3 Å². The number of amides is 1. The van der Waals surface area contributed by atoms with E-state index in [2.05, 4.69) is 5.43 Å². The standard InChI is InChI=1S/C20H16ClN3O3/c21-16-11-12-19(24(26)27)18(13-16)20(25)22-23(17-9-5-2-6-10-17)14-15-7-3-1-4-8-15/h1-13H,14H2,(H,22,25). The Morgan fingerprint density at radius 1 is 1.00 bits per heavy atom. The van der Waals surface area contributed by atoms with E-state index >= 15 is 0 Å². The third kappa shape index (κ3) is 4.62. The van der Waals surface area contributed by atoms with E-state index in [1.165, 1.54) is 18.2 Å². The summed E-state index contributed by atoms with van der Waals surface area (Å²) in [7, 11) is 0. The van der Waals surface area contributed by atoms with Crippen LogP contribution in [0.2, 0.25) is 5.02 Å². The van der Waals surface area contributed by atoms with Crippen molar-refractivity contribution in [3.05, 3.63) is 105 Å². The van der Waals surface area contributed by atoms with Crippen molar-refractivity contribution in [1.29, 1.82) is 0 Å². The highest BCUT2D eigenvalue weighted by atomic mass is 35.5. The largest absolute Gasteiger partial charge is 0.282 e. The molecular weight excluding hydrogens is 366 g/mol. The quantitative estimate of drug-likeness (QED) is 0.500. The fourth-order valence-corrected chi connectivity index (χ4v) is 2.77. The molecule has 0 atom stereocenters. The molecule has 3 rings (SSSR count). The summed E-state index contributed by atoms with van der Waals surface area (Å²) in [4.78, 5) is 23.4. The molecule has 0 unspecified atom stereocenters. The lowest BCUT2D eigenvalue weighted by Gasteiger charge is -2.25. The van der Waals surface area contributed by atoms with E-state index in [4.69, 9.17) is 11.6 Å². The van der Waals surface area contributed by atoms with Gasteiger partial charge in [-0.3, -0.25) is 25.3 Å². The molecular formula is C20H16ClN3O3. The second-order valence-corrected chi connectivity index (χ2v) is 6.20. The first-order valence-electron chi connectivity index (χ1n) is 8.16. The molecule has 3 aromatic carbocycles. The Labute approximate surface area is 161 Å². The zero-order valence-electron chi connectivity index (χ0n) is 14.2. The van der Waals surface area contributed by atoms with Crippen LogP contribution in [0.4, 0.5) is 11.4 Å². The zero-order chi connectivity index (χ0) is 19.2. The van der Waals surface area contributed by atoms with Crippen molar-refractivity contribution in [2.45, 2.75) is 6.54 Å².